The average molecular weight is 508 g/mol. The second-order valence-electron chi connectivity index (χ2n) is 5.85. The summed E-state index contributed by atoms with van der Waals surface area (Å²) in [4.78, 5) is 8.02. The van der Waals surface area contributed by atoms with Crippen LogP contribution >= 0.6 is 24.0 Å². The van der Waals surface area contributed by atoms with Crippen molar-refractivity contribution in [3.63, 3.8) is 0 Å². The number of hydrogen-bond donors (Lipinski definition) is 2. The lowest BCUT2D eigenvalue weighted by molar-refractivity contribution is -0.154. The zero-order chi connectivity index (χ0) is 19.5. The van der Waals surface area contributed by atoms with Crippen LogP contribution in [0.15, 0.2) is 53.7 Å². The highest BCUT2D eigenvalue weighted by molar-refractivity contribution is 14.0. The van der Waals surface area contributed by atoms with Crippen molar-refractivity contribution < 1.29 is 17.9 Å². The van der Waals surface area contributed by atoms with E-state index in [1.54, 1.807) is 13.1 Å². The van der Waals surface area contributed by atoms with E-state index in [2.05, 4.69) is 37.5 Å². The Labute approximate surface area is 179 Å². The number of guanidine groups is 1. The van der Waals surface area contributed by atoms with Crippen molar-refractivity contribution in [2.75, 3.05) is 20.2 Å². The predicted octanol–water partition coefficient (Wildman–Crippen LogP) is 3.94. The Kier molecular flexibility index (Phi) is 10.6. The van der Waals surface area contributed by atoms with Gasteiger partial charge in [-0.1, -0.05) is 36.4 Å². The maximum Gasteiger partial charge on any atom is 0.422 e. The Morgan fingerprint density at radius 3 is 2.43 bits per heavy atom. The molecule has 0 amide bonds. The van der Waals surface area contributed by atoms with Crippen LogP contribution in [0.1, 0.15) is 17.5 Å². The van der Waals surface area contributed by atoms with Crippen LogP contribution in [0.2, 0.25) is 0 Å². The molecule has 0 radical (unpaired) electrons. The second kappa shape index (κ2) is 12.4. The summed E-state index contributed by atoms with van der Waals surface area (Å²) in [5.74, 6) is 0.597. The minimum Gasteiger partial charge on any atom is -0.468 e. The Morgan fingerprint density at radius 2 is 1.82 bits per heavy atom. The number of alkyl halides is 3. The van der Waals surface area contributed by atoms with E-state index in [4.69, 9.17) is 0 Å². The standard InChI is InChI=1S/C19H23F3N4O.HI/c1-23-18(24-11-5-8-15-6-3-2-4-7-15)26-13-16-9-10-17(25-12-16)27-14-19(20,21)22;/h2-4,6-7,9-10,12H,5,8,11,13-14H2,1H3,(H2,23,24,26);1H. The van der Waals surface area contributed by atoms with Gasteiger partial charge in [0.1, 0.15) is 0 Å². The summed E-state index contributed by atoms with van der Waals surface area (Å²) in [5, 5.41) is 6.37. The molecule has 9 heteroatoms. The third kappa shape index (κ3) is 9.77. The van der Waals surface area contributed by atoms with Crippen LogP contribution in [0.3, 0.4) is 0 Å². The van der Waals surface area contributed by atoms with E-state index in [9.17, 15) is 13.2 Å². The predicted molar refractivity (Wildman–Crippen MR) is 114 cm³/mol. The highest BCUT2D eigenvalue weighted by atomic mass is 127. The lowest BCUT2D eigenvalue weighted by atomic mass is 10.1. The van der Waals surface area contributed by atoms with Gasteiger partial charge in [-0.05, 0) is 24.0 Å². The summed E-state index contributed by atoms with van der Waals surface area (Å²) in [6, 6.07) is 13.3. The van der Waals surface area contributed by atoms with Gasteiger partial charge in [-0.25, -0.2) is 4.98 Å². The van der Waals surface area contributed by atoms with Crippen LogP contribution in [0.4, 0.5) is 13.2 Å². The van der Waals surface area contributed by atoms with Crippen molar-refractivity contribution in [2.24, 2.45) is 4.99 Å². The van der Waals surface area contributed by atoms with E-state index in [1.165, 1.54) is 17.8 Å². The number of aryl methyl sites for hydroxylation is 1. The molecule has 2 rings (SSSR count). The number of rotatable bonds is 8. The number of hydrogen-bond acceptors (Lipinski definition) is 3. The summed E-state index contributed by atoms with van der Waals surface area (Å²) >= 11 is 0. The summed E-state index contributed by atoms with van der Waals surface area (Å²) < 4.78 is 40.9. The Morgan fingerprint density at radius 1 is 1.07 bits per heavy atom. The van der Waals surface area contributed by atoms with Gasteiger partial charge in [0.25, 0.3) is 0 Å². The zero-order valence-corrected chi connectivity index (χ0v) is 17.8. The monoisotopic (exact) mass is 508 g/mol. The highest BCUT2D eigenvalue weighted by Crippen LogP contribution is 2.16. The minimum absolute atomic E-state index is 0. The lowest BCUT2D eigenvalue weighted by Gasteiger charge is -2.12. The van der Waals surface area contributed by atoms with E-state index in [-0.39, 0.29) is 29.9 Å². The van der Waals surface area contributed by atoms with E-state index >= 15 is 0 Å². The van der Waals surface area contributed by atoms with Gasteiger partial charge in [-0.3, -0.25) is 4.99 Å². The molecule has 5 nitrogen and oxygen atoms in total. The molecule has 0 unspecified atom stereocenters. The van der Waals surface area contributed by atoms with Gasteiger partial charge in [0.2, 0.25) is 5.88 Å². The smallest absolute Gasteiger partial charge is 0.422 e. The van der Waals surface area contributed by atoms with Gasteiger partial charge >= 0.3 is 6.18 Å². The quantitative estimate of drug-likeness (QED) is 0.246. The van der Waals surface area contributed by atoms with Gasteiger partial charge < -0.3 is 15.4 Å². The molecule has 0 bridgehead atoms. The van der Waals surface area contributed by atoms with E-state index in [0.717, 1.165) is 24.9 Å². The summed E-state index contributed by atoms with van der Waals surface area (Å²) in [5.41, 5.74) is 2.10. The number of nitrogens with zero attached hydrogens (tertiary/aromatic N) is 2. The molecule has 1 aromatic carbocycles. The van der Waals surface area contributed by atoms with Crippen LogP contribution in [0, 0.1) is 0 Å². The molecular weight excluding hydrogens is 484 g/mol. The van der Waals surface area contributed by atoms with E-state index in [0.29, 0.717) is 12.5 Å². The zero-order valence-electron chi connectivity index (χ0n) is 15.5. The number of benzene rings is 1. The van der Waals surface area contributed by atoms with Crippen molar-refractivity contribution in [3.05, 3.63) is 59.8 Å². The average Bonchev–Trinajstić information content (AvgIpc) is 2.67. The van der Waals surface area contributed by atoms with Gasteiger partial charge in [-0.2, -0.15) is 13.2 Å². The molecule has 2 N–H and O–H groups in total. The van der Waals surface area contributed by atoms with Crippen molar-refractivity contribution in [2.45, 2.75) is 25.6 Å². The first-order chi connectivity index (χ1) is 13.0. The maximum absolute atomic E-state index is 12.1. The summed E-state index contributed by atoms with van der Waals surface area (Å²) in [6.45, 7) is -0.126. The van der Waals surface area contributed by atoms with Crippen LogP contribution in [-0.2, 0) is 13.0 Å². The van der Waals surface area contributed by atoms with Crippen LogP contribution < -0.4 is 15.4 Å². The van der Waals surface area contributed by atoms with Crippen molar-refractivity contribution >= 4 is 29.9 Å². The molecule has 0 atom stereocenters. The third-order valence-electron chi connectivity index (χ3n) is 3.64. The fraction of sp³-hybridized carbons (Fsp3) is 0.368. The van der Waals surface area contributed by atoms with Crippen molar-refractivity contribution in [1.29, 1.82) is 0 Å². The van der Waals surface area contributed by atoms with Crippen LogP contribution in [0.5, 0.6) is 5.88 Å². The van der Waals surface area contributed by atoms with Gasteiger partial charge in [0.05, 0.1) is 0 Å². The molecule has 28 heavy (non-hydrogen) atoms. The second-order valence-corrected chi connectivity index (χ2v) is 5.85. The fourth-order valence-electron chi connectivity index (χ4n) is 2.31. The van der Waals surface area contributed by atoms with E-state index in [1.807, 2.05) is 18.2 Å². The number of halogens is 4. The third-order valence-corrected chi connectivity index (χ3v) is 3.64. The molecule has 1 aromatic heterocycles. The fourth-order valence-corrected chi connectivity index (χ4v) is 2.31. The van der Waals surface area contributed by atoms with E-state index < -0.39 is 12.8 Å². The first-order valence-electron chi connectivity index (χ1n) is 8.59. The minimum atomic E-state index is -4.37. The Balaban J connectivity index is 0.00000392. The van der Waals surface area contributed by atoms with Crippen molar-refractivity contribution in [1.82, 2.24) is 15.6 Å². The molecule has 2 aromatic rings. The molecular formula is C19H24F3IN4O. The van der Waals surface area contributed by atoms with Gasteiger partial charge in [0, 0.05) is 32.4 Å². The highest BCUT2D eigenvalue weighted by Gasteiger charge is 2.28. The van der Waals surface area contributed by atoms with Gasteiger partial charge in [-0.15, -0.1) is 24.0 Å². The maximum atomic E-state index is 12.1. The number of aromatic nitrogens is 1. The Hall–Kier alpha value is -2.04. The van der Waals surface area contributed by atoms with Crippen LogP contribution in [0.25, 0.3) is 0 Å². The number of pyridine rings is 1. The molecule has 1 heterocycles. The first-order valence-corrected chi connectivity index (χ1v) is 8.59. The molecule has 0 aliphatic heterocycles. The molecule has 0 aliphatic carbocycles. The number of ether oxygens (including phenoxy) is 1. The molecule has 0 aliphatic rings. The molecule has 0 fully saturated rings. The number of aliphatic imine (C=N–C) groups is 1. The first kappa shape index (κ1) is 24.0. The number of nitrogens with one attached hydrogen (secondary N) is 2. The van der Waals surface area contributed by atoms with Crippen molar-refractivity contribution in [3.8, 4) is 5.88 Å². The topological polar surface area (TPSA) is 58.5 Å². The van der Waals surface area contributed by atoms with Crippen LogP contribution in [-0.4, -0.2) is 37.3 Å². The van der Waals surface area contributed by atoms with Gasteiger partial charge in [0.15, 0.2) is 12.6 Å². The molecule has 0 saturated carbocycles. The normalized spacial score (nSPS) is 11.5. The summed E-state index contributed by atoms with van der Waals surface area (Å²) in [6.07, 6.45) is -0.951. The largest absolute Gasteiger partial charge is 0.468 e. The lowest BCUT2D eigenvalue weighted by Crippen LogP contribution is -2.37. The molecule has 0 spiro atoms. The SMILES string of the molecule is CN=C(NCCCc1ccccc1)NCc1ccc(OCC(F)(F)F)nc1.I. The molecule has 154 valence electrons. The summed E-state index contributed by atoms with van der Waals surface area (Å²) in [7, 11) is 1.68. The molecule has 0 saturated heterocycles. The Bertz CT molecular complexity index is 709.